The van der Waals surface area contributed by atoms with Crippen molar-refractivity contribution in [1.82, 2.24) is 0 Å². The van der Waals surface area contributed by atoms with E-state index >= 15 is 0 Å². The van der Waals surface area contributed by atoms with Gasteiger partial charge < -0.3 is 0 Å². The summed E-state index contributed by atoms with van der Waals surface area (Å²) >= 11 is 0. The van der Waals surface area contributed by atoms with Crippen molar-refractivity contribution in [1.29, 1.82) is 0 Å². The summed E-state index contributed by atoms with van der Waals surface area (Å²) in [6.07, 6.45) is 6.07. The molecule has 0 amide bonds. The summed E-state index contributed by atoms with van der Waals surface area (Å²) in [6, 6.07) is 22.5. The monoisotopic (exact) mass is 350 g/mol. The maximum Gasteiger partial charge on any atom is 0.00936 e. The Morgan fingerprint density at radius 2 is 1.48 bits per heavy atom. The maximum atomic E-state index is 2.47. The van der Waals surface area contributed by atoms with E-state index in [2.05, 4.69) is 87.5 Å². The van der Waals surface area contributed by atoms with Crippen molar-refractivity contribution in [3.05, 3.63) is 104 Å². The molecule has 0 atom stereocenters. The highest BCUT2D eigenvalue weighted by molar-refractivity contribution is 5.71. The molecule has 0 unspecified atom stereocenters. The Hall–Kier alpha value is -2.60. The van der Waals surface area contributed by atoms with Gasteiger partial charge in [-0.2, -0.15) is 0 Å². The lowest BCUT2D eigenvalue weighted by Crippen LogP contribution is -2.31. The molecule has 0 aliphatic heterocycles. The molecule has 0 nitrogen and oxygen atoms in total. The van der Waals surface area contributed by atoms with Crippen LogP contribution >= 0.6 is 0 Å². The first-order chi connectivity index (χ1) is 13.1. The van der Waals surface area contributed by atoms with E-state index < -0.39 is 0 Å². The first-order valence-electron chi connectivity index (χ1n) is 10.1. The van der Waals surface area contributed by atoms with Crippen LogP contribution in [0.15, 0.2) is 60.7 Å². The zero-order chi connectivity index (χ0) is 18.6. The lowest BCUT2D eigenvalue weighted by molar-refractivity contribution is 0.674. The van der Waals surface area contributed by atoms with Crippen molar-refractivity contribution in [3.8, 4) is 0 Å². The Bertz CT molecular complexity index is 1270. The first kappa shape index (κ1) is 16.6. The molecule has 0 heteroatoms. The van der Waals surface area contributed by atoms with Gasteiger partial charge in [0.1, 0.15) is 0 Å². The van der Waals surface area contributed by atoms with Gasteiger partial charge >= 0.3 is 0 Å². The molecule has 0 saturated heterocycles. The molecular formula is C27H26. The third kappa shape index (κ3) is 2.51. The molecule has 134 valence electrons. The van der Waals surface area contributed by atoms with Crippen LogP contribution in [0.2, 0.25) is 0 Å². The zero-order valence-electron chi connectivity index (χ0n) is 16.5. The maximum absolute atomic E-state index is 2.47. The van der Waals surface area contributed by atoms with Crippen molar-refractivity contribution in [2.45, 2.75) is 45.4 Å². The van der Waals surface area contributed by atoms with Crippen LogP contribution in [0.4, 0.5) is 0 Å². The predicted molar refractivity (Wildman–Crippen MR) is 114 cm³/mol. The number of aryl methyl sites for hydroxylation is 1. The number of hydrogen-bond donors (Lipinski definition) is 0. The largest absolute Gasteiger partial charge is 0.0666 e. The van der Waals surface area contributed by atoms with Gasteiger partial charge in [-0.3, -0.25) is 0 Å². The van der Waals surface area contributed by atoms with E-state index in [1.54, 1.807) is 11.1 Å². The second kappa shape index (κ2) is 5.96. The number of rotatable bonds is 1. The Balaban J connectivity index is 1.96. The summed E-state index contributed by atoms with van der Waals surface area (Å²) in [5.74, 6) is 0. The molecule has 0 spiro atoms. The normalized spacial score (nSPS) is 16.8. The van der Waals surface area contributed by atoms with Gasteiger partial charge in [0.05, 0.1) is 0 Å². The molecule has 0 bridgehead atoms. The summed E-state index contributed by atoms with van der Waals surface area (Å²) in [6.45, 7) is 7.00. The van der Waals surface area contributed by atoms with Crippen LogP contribution in [0.5, 0.6) is 0 Å². The van der Waals surface area contributed by atoms with Crippen LogP contribution in [0.25, 0.3) is 11.6 Å². The Morgan fingerprint density at radius 3 is 2.33 bits per heavy atom. The second-order valence-corrected chi connectivity index (χ2v) is 8.61. The Labute approximate surface area is 161 Å². The van der Waals surface area contributed by atoms with Crippen LogP contribution in [0, 0.1) is 17.4 Å². The molecular weight excluding hydrogens is 324 g/mol. The molecule has 2 aliphatic rings. The number of fused-ring (bicyclic) bond motifs is 4. The van der Waals surface area contributed by atoms with E-state index in [9.17, 15) is 0 Å². The van der Waals surface area contributed by atoms with Crippen LogP contribution in [-0.4, -0.2) is 0 Å². The lowest BCUT2D eigenvalue weighted by Gasteiger charge is -2.30. The third-order valence-corrected chi connectivity index (χ3v) is 6.37. The smallest absolute Gasteiger partial charge is 0.00936 e. The van der Waals surface area contributed by atoms with Crippen LogP contribution < -0.4 is 10.4 Å². The molecule has 5 rings (SSSR count). The fourth-order valence-electron chi connectivity index (χ4n) is 5.25. The SMILES string of the molecule is Cc1ccccc1C1=c2ccc3c(c2CCC1)C(C)(C)C=c1ccccc1=3. The minimum atomic E-state index is 0.0587. The second-order valence-electron chi connectivity index (χ2n) is 8.61. The average molecular weight is 351 g/mol. The first-order valence-corrected chi connectivity index (χ1v) is 10.1. The fraction of sp³-hybridized carbons (Fsp3) is 0.259. The third-order valence-electron chi connectivity index (χ3n) is 6.37. The van der Waals surface area contributed by atoms with Gasteiger partial charge in [0.15, 0.2) is 0 Å². The molecule has 3 aromatic carbocycles. The van der Waals surface area contributed by atoms with Crippen molar-refractivity contribution in [3.63, 3.8) is 0 Å². The molecule has 0 fully saturated rings. The molecule has 0 N–H and O–H groups in total. The van der Waals surface area contributed by atoms with E-state index in [0.29, 0.717) is 0 Å². The van der Waals surface area contributed by atoms with Crippen LogP contribution in [-0.2, 0) is 11.8 Å². The highest BCUT2D eigenvalue weighted by Gasteiger charge is 2.27. The molecule has 2 aliphatic carbocycles. The number of benzene rings is 3. The molecule has 0 aromatic heterocycles. The van der Waals surface area contributed by atoms with E-state index in [1.165, 1.54) is 56.8 Å². The van der Waals surface area contributed by atoms with Gasteiger partial charge in [-0.25, -0.2) is 0 Å². The zero-order valence-corrected chi connectivity index (χ0v) is 16.5. The summed E-state index contributed by atoms with van der Waals surface area (Å²) in [7, 11) is 0. The quantitative estimate of drug-likeness (QED) is 0.586. The summed E-state index contributed by atoms with van der Waals surface area (Å²) < 4.78 is 0. The van der Waals surface area contributed by atoms with Crippen molar-refractivity contribution >= 4 is 11.6 Å². The fourth-order valence-corrected chi connectivity index (χ4v) is 5.25. The average Bonchev–Trinajstić information content (AvgIpc) is 2.67. The van der Waals surface area contributed by atoms with Gasteiger partial charge in [-0.15, -0.1) is 0 Å². The molecule has 27 heavy (non-hydrogen) atoms. The summed E-state index contributed by atoms with van der Waals surface area (Å²) in [5.41, 5.74) is 7.53. The van der Waals surface area contributed by atoms with Gasteiger partial charge in [-0.05, 0) is 74.9 Å². The predicted octanol–water partition coefficient (Wildman–Crippen LogP) is 4.89. The minimum absolute atomic E-state index is 0.0587. The highest BCUT2D eigenvalue weighted by Crippen LogP contribution is 2.34. The minimum Gasteiger partial charge on any atom is -0.0666 e. The van der Waals surface area contributed by atoms with Crippen molar-refractivity contribution < 1.29 is 0 Å². The van der Waals surface area contributed by atoms with Crippen LogP contribution in [0.1, 0.15) is 48.9 Å². The van der Waals surface area contributed by atoms with E-state index in [-0.39, 0.29) is 5.41 Å². The van der Waals surface area contributed by atoms with Gasteiger partial charge in [-0.1, -0.05) is 80.6 Å². The van der Waals surface area contributed by atoms with E-state index in [1.807, 2.05) is 0 Å². The summed E-state index contributed by atoms with van der Waals surface area (Å²) in [4.78, 5) is 0. The Morgan fingerprint density at radius 1 is 0.741 bits per heavy atom. The van der Waals surface area contributed by atoms with Crippen LogP contribution in [0.3, 0.4) is 0 Å². The molecule has 0 heterocycles. The molecule has 0 radical (unpaired) electrons. The lowest BCUT2D eigenvalue weighted by atomic mass is 9.73. The molecule has 3 aromatic rings. The Kier molecular flexibility index (Phi) is 3.65. The van der Waals surface area contributed by atoms with Crippen molar-refractivity contribution in [2.24, 2.45) is 0 Å². The van der Waals surface area contributed by atoms with Crippen molar-refractivity contribution in [2.75, 3.05) is 0 Å². The van der Waals surface area contributed by atoms with Gasteiger partial charge in [0.2, 0.25) is 0 Å². The van der Waals surface area contributed by atoms with E-state index in [0.717, 1.165) is 0 Å². The molecule has 0 saturated carbocycles. The standard InChI is InChI=1S/C27H26/c1-18-9-4-6-11-20(18)22-13-8-14-24-23(22)15-16-25-21-12-7-5-10-19(21)17-27(2,3)26(24)25/h4-7,9-12,15-17H,8,13-14H2,1-3H3. The number of hydrogen-bond acceptors (Lipinski definition) is 0. The summed E-state index contributed by atoms with van der Waals surface area (Å²) in [5, 5.41) is 5.67. The highest BCUT2D eigenvalue weighted by atomic mass is 14.3. The van der Waals surface area contributed by atoms with Gasteiger partial charge in [0.25, 0.3) is 0 Å². The topological polar surface area (TPSA) is 0 Å². The van der Waals surface area contributed by atoms with E-state index in [4.69, 9.17) is 0 Å². The van der Waals surface area contributed by atoms with Gasteiger partial charge in [0, 0.05) is 5.41 Å².